The first-order valence-corrected chi connectivity index (χ1v) is 10.4. The molecular weight excluding hydrogens is 364 g/mol. The van der Waals surface area contributed by atoms with E-state index >= 15 is 0 Å². The maximum absolute atomic E-state index is 12.4. The van der Waals surface area contributed by atoms with Crippen molar-refractivity contribution < 1.29 is 22.7 Å². The van der Waals surface area contributed by atoms with Gasteiger partial charge in [-0.05, 0) is 45.1 Å². The number of esters is 1. The fourth-order valence-electron chi connectivity index (χ4n) is 2.58. The molecule has 1 fully saturated rings. The Kier molecular flexibility index (Phi) is 6.23. The summed E-state index contributed by atoms with van der Waals surface area (Å²) in [5.41, 5.74) is -0.384. The fourth-order valence-corrected chi connectivity index (χ4v) is 5.19. The molecule has 0 aromatic carbocycles. The van der Waals surface area contributed by atoms with E-state index in [4.69, 9.17) is 4.74 Å². The second kappa shape index (κ2) is 7.84. The standard InChI is InChI=1S/C16H24N2O5S2/c1-16(2,3)17-13(19)11-23-15(20)12-6-8-18(9-7-12)25(21,22)14-5-4-10-24-14/h4-5,10,12H,6-9,11H2,1-3H3,(H,17,19). The third-order valence-corrected chi connectivity index (χ3v) is 7.01. The molecule has 1 saturated heterocycles. The van der Waals surface area contributed by atoms with Crippen LogP contribution in [0.2, 0.25) is 0 Å². The van der Waals surface area contributed by atoms with E-state index < -0.39 is 16.0 Å². The molecule has 2 rings (SSSR count). The lowest BCUT2D eigenvalue weighted by Crippen LogP contribution is -2.44. The van der Waals surface area contributed by atoms with Gasteiger partial charge in [0.15, 0.2) is 6.61 Å². The van der Waals surface area contributed by atoms with Crippen molar-refractivity contribution in [1.82, 2.24) is 9.62 Å². The van der Waals surface area contributed by atoms with E-state index in [1.165, 1.54) is 15.6 Å². The summed E-state index contributed by atoms with van der Waals surface area (Å²) in [4.78, 5) is 23.8. The van der Waals surface area contributed by atoms with Crippen molar-refractivity contribution in [3.8, 4) is 0 Å². The Morgan fingerprint density at radius 3 is 2.48 bits per heavy atom. The van der Waals surface area contributed by atoms with Crippen LogP contribution in [0.1, 0.15) is 33.6 Å². The number of ether oxygens (including phenoxy) is 1. The van der Waals surface area contributed by atoms with Gasteiger partial charge in [0.25, 0.3) is 15.9 Å². The summed E-state index contributed by atoms with van der Waals surface area (Å²) in [5.74, 6) is -1.17. The SMILES string of the molecule is CC(C)(C)NC(=O)COC(=O)C1CCN(S(=O)(=O)c2cccs2)CC1. The van der Waals surface area contributed by atoms with Crippen LogP contribution in [0.15, 0.2) is 21.7 Å². The lowest BCUT2D eigenvalue weighted by atomic mass is 9.98. The van der Waals surface area contributed by atoms with Crippen molar-refractivity contribution in [2.45, 2.75) is 43.4 Å². The average Bonchev–Trinajstić information content (AvgIpc) is 3.06. The Morgan fingerprint density at radius 2 is 1.96 bits per heavy atom. The van der Waals surface area contributed by atoms with Gasteiger partial charge in [-0.25, -0.2) is 8.42 Å². The lowest BCUT2D eigenvalue weighted by molar-refractivity contribution is -0.154. The van der Waals surface area contributed by atoms with Crippen LogP contribution in [0.25, 0.3) is 0 Å². The third-order valence-electron chi connectivity index (χ3n) is 3.74. The summed E-state index contributed by atoms with van der Waals surface area (Å²) in [5, 5.41) is 4.44. The monoisotopic (exact) mass is 388 g/mol. The van der Waals surface area contributed by atoms with Crippen molar-refractivity contribution in [2.75, 3.05) is 19.7 Å². The van der Waals surface area contributed by atoms with Crippen LogP contribution in [-0.2, 0) is 24.3 Å². The molecule has 9 heteroatoms. The second-order valence-electron chi connectivity index (χ2n) is 7.02. The Morgan fingerprint density at radius 1 is 1.32 bits per heavy atom. The maximum atomic E-state index is 12.4. The van der Waals surface area contributed by atoms with Gasteiger partial charge in [-0.15, -0.1) is 11.3 Å². The van der Waals surface area contributed by atoms with Gasteiger partial charge < -0.3 is 10.1 Å². The first-order chi connectivity index (χ1) is 11.6. The molecule has 0 spiro atoms. The summed E-state index contributed by atoms with van der Waals surface area (Å²) in [6.45, 7) is 5.76. The molecule has 0 unspecified atom stereocenters. The molecule has 1 amide bonds. The number of thiophene rings is 1. The van der Waals surface area contributed by atoms with E-state index in [-0.39, 0.29) is 37.1 Å². The molecule has 25 heavy (non-hydrogen) atoms. The molecule has 0 atom stereocenters. The van der Waals surface area contributed by atoms with Crippen molar-refractivity contribution in [3.63, 3.8) is 0 Å². The minimum Gasteiger partial charge on any atom is -0.455 e. The van der Waals surface area contributed by atoms with Gasteiger partial charge in [-0.3, -0.25) is 9.59 Å². The Bertz CT molecular complexity index is 699. The first kappa shape index (κ1) is 19.9. The quantitative estimate of drug-likeness (QED) is 0.774. The molecule has 7 nitrogen and oxygen atoms in total. The number of nitrogens with zero attached hydrogens (tertiary/aromatic N) is 1. The van der Waals surface area contributed by atoms with E-state index in [1.807, 2.05) is 20.8 Å². The first-order valence-electron chi connectivity index (χ1n) is 8.11. The maximum Gasteiger partial charge on any atom is 0.309 e. The smallest absolute Gasteiger partial charge is 0.309 e. The topological polar surface area (TPSA) is 92.8 Å². The van der Waals surface area contributed by atoms with Crippen LogP contribution in [0, 0.1) is 5.92 Å². The number of hydrogen-bond donors (Lipinski definition) is 1. The van der Waals surface area contributed by atoms with Gasteiger partial charge in [0.1, 0.15) is 4.21 Å². The number of carbonyl (C=O) groups excluding carboxylic acids is 2. The molecule has 140 valence electrons. The predicted molar refractivity (Wildman–Crippen MR) is 94.7 cm³/mol. The Balaban J connectivity index is 1.82. The molecular formula is C16H24N2O5S2. The second-order valence-corrected chi connectivity index (χ2v) is 10.1. The number of rotatable bonds is 5. The highest BCUT2D eigenvalue weighted by Gasteiger charge is 2.33. The van der Waals surface area contributed by atoms with E-state index in [1.54, 1.807) is 17.5 Å². The molecule has 2 heterocycles. The van der Waals surface area contributed by atoms with Crippen LogP contribution < -0.4 is 5.32 Å². The summed E-state index contributed by atoms with van der Waals surface area (Å²) in [6, 6.07) is 3.28. The summed E-state index contributed by atoms with van der Waals surface area (Å²) in [7, 11) is -3.48. The largest absolute Gasteiger partial charge is 0.455 e. The van der Waals surface area contributed by atoms with Gasteiger partial charge in [0, 0.05) is 18.6 Å². The lowest BCUT2D eigenvalue weighted by Gasteiger charge is -2.29. The van der Waals surface area contributed by atoms with Crippen molar-refractivity contribution in [2.24, 2.45) is 5.92 Å². The van der Waals surface area contributed by atoms with Gasteiger partial charge in [0.05, 0.1) is 5.92 Å². The number of sulfonamides is 1. The molecule has 0 aliphatic carbocycles. The molecule has 0 bridgehead atoms. The van der Waals surface area contributed by atoms with Crippen molar-refractivity contribution in [1.29, 1.82) is 0 Å². The van der Waals surface area contributed by atoms with Gasteiger partial charge in [-0.1, -0.05) is 6.07 Å². The van der Waals surface area contributed by atoms with E-state index in [9.17, 15) is 18.0 Å². The van der Waals surface area contributed by atoms with Crippen molar-refractivity contribution in [3.05, 3.63) is 17.5 Å². The molecule has 1 aromatic heterocycles. The molecule has 1 N–H and O–H groups in total. The Labute approximate surface area is 152 Å². The highest BCUT2D eigenvalue weighted by molar-refractivity contribution is 7.91. The molecule has 0 radical (unpaired) electrons. The zero-order valence-electron chi connectivity index (χ0n) is 14.6. The van der Waals surface area contributed by atoms with Crippen LogP contribution >= 0.6 is 11.3 Å². The highest BCUT2D eigenvalue weighted by Crippen LogP contribution is 2.26. The van der Waals surface area contributed by atoms with E-state index in [0.29, 0.717) is 17.1 Å². The zero-order chi connectivity index (χ0) is 18.7. The van der Waals surface area contributed by atoms with Crippen LogP contribution in [0.5, 0.6) is 0 Å². The predicted octanol–water partition coefficient (Wildman–Crippen LogP) is 1.61. The molecule has 1 aromatic rings. The summed E-state index contributed by atoms with van der Waals surface area (Å²) >= 11 is 1.18. The Hall–Kier alpha value is -1.45. The van der Waals surface area contributed by atoms with E-state index in [2.05, 4.69) is 5.32 Å². The van der Waals surface area contributed by atoms with Gasteiger partial charge >= 0.3 is 5.97 Å². The number of nitrogens with one attached hydrogen (secondary N) is 1. The number of piperidine rings is 1. The van der Waals surface area contributed by atoms with Gasteiger partial charge in [0.2, 0.25) is 0 Å². The summed E-state index contributed by atoms with van der Waals surface area (Å²) < 4.78 is 31.7. The summed E-state index contributed by atoms with van der Waals surface area (Å²) in [6.07, 6.45) is 0.786. The van der Waals surface area contributed by atoms with Crippen LogP contribution in [-0.4, -0.2) is 49.8 Å². The average molecular weight is 389 g/mol. The highest BCUT2D eigenvalue weighted by atomic mass is 32.2. The fraction of sp³-hybridized carbons (Fsp3) is 0.625. The van der Waals surface area contributed by atoms with E-state index in [0.717, 1.165) is 0 Å². The van der Waals surface area contributed by atoms with Crippen molar-refractivity contribution >= 4 is 33.2 Å². The number of amides is 1. The third kappa shape index (κ3) is 5.52. The van der Waals surface area contributed by atoms with Crippen LogP contribution in [0.4, 0.5) is 0 Å². The number of hydrogen-bond acceptors (Lipinski definition) is 6. The molecule has 1 aliphatic heterocycles. The van der Waals surface area contributed by atoms with Crippen LogP contribution in [0.3, 0.4) is 0 Å². The zero-order valence-corrected chi connectivity index (χ0v) is 16.3. The molecule has 0 saturated carbocycles. The van der Waals surface area contributed by atoms with Gasteiger partial charge in [-0.2, -0.15) is 4.31 Å². The minimum atomic E-state index is -3.48. The normalized spacial score (nSPS) is 17.2. The minimum absolute atomic E-state index is 0.272. The number of carbonyl (C=O) groups is 2. The molecule has 1 aliphatic rings.